The fourth-order valence-corrected chi connectivity index (χ4v) is 5.29. The minimum Gasteiger partial charge on any atom is -0.370 e. The van der Waals surface area contributed by atoms with Crippen molar-refractivity contribution < 1.29 is 4.79 Å². The molecule has 1 unspecified atom stereocenters. The molecule has 2 saturated heterocycles. The van der Waals surface area contributed by atoms with Crippen LogP contribution in [0.25, 0.3) is 10.9 Å². The van der Waals surface area contributed by atoms with Crippen LogP contribution in [0.15, 0.2) is 30.5 Å². The average molecular weight is 404 g/mol. The summed E-state index contributed by atoms with van der Waals surface area (Å²) < 4.78 is 0. The van der Waals surface area contributed by atoms with Crippen molar-refractivity contribution in [1.82, 2.24) is 15.2 Å². The molecule has 1 saturated carbocycles. The van der Waals surface area contributed by atoms with Gasteiger partial charge in [0.15, 0.2) is 0 Å². The highest BCUT2D eigenvalue weighted by Crippen LogP contribution is 2.46. The molecule has 0 spiro atoms. The number of rotatable bonds is 4. The second kappa shape index (κ2) is 7.88. The molecule has 1 aliphatic carbocycles. The Labute approximate surface area is 177 Å². The van der Waals surface area contributed by atoms with Crippen LogP contribution in [0.2, 0.25) is 0 Å². The van der Waals surface area contributed by atoms with Gasteiger partial charge < -0.3 is 15.1 Å². The van der Waals surface area contributed by atoms with E-state index in [-0.39, 0.29) is 11.8 Å². The van der Waals surface area contributed by atoms with Crippen LogP contribution in [0.4, 0.5) is 5.69 Å². The number of hydrogen-bond donors (Lipinski definition) is 1. The van der Waals surface area contributed by atoms with E-state index < -0.39 is 0 Å². The van der Waals surface area contributed by atoms with Crippen LogP contribution in [0, 0.1) is 29.1 Å². The first-order chi connectivity index (χ1) is 14.6. The van der Waals surface area contributed by atoms with Gasteiger partial charge in [-0.15, -0.1) is 0 Å². The van der Waals surface area contributed by atoms with Crippen molar-refractivity contribution in [3.8, 4) is 6.07 Å². The maximum atomic E-state index is 13.3. The van der Waals surface area contributed by atoms with Gasteiger partial charge in [0.05, 0.1) is 17.0 Å². The Bertz CT molecular complexity index is 987. The number of likely N-dealkylation sites (tertiary alicyclic amines) is 1. The Morgan fingerprint density at radius 2 is 1.97 bits per heavy atom. The summed E-state index contributed by atoms with van der Waals surface area (Å²) in [5, 5.41) is 13.8. The van der Waals surface area contributed by atoms with E-state index in [9.17, 15) is 10.1 Å². The lowest BCUT2D eigenvalue weighted by atomic mass is 9.90. The average Bonchev–Trinajstić information content (AvgIpc) is 3.52. The first-order valence-electron chi connectivity index (χ1n) is 11.2. The molecule has 2 aliphatic heterocycles. The number of nitrogens with zero attached hydrogens (tertiary/aromatic N) is 4. The van der Waals surface area contributed by atoms with Crippen molar-refractivity contribution >= 4 is 22.5 Å². The van der Waals surface area contributed by atoms with Gasteiger partial charge in [-0.2, -0.15) is 5.26 Å². The number of amides is 1. The number of anilines is 1. The van der Waals surface area contributed by atoms with Crippen molar-refractivity contribution in [2.24, 2.45) is 17.8 Å². The predicted octanol–water partition coefficient (Wildman–Crippen LogP) is 2.78. The van der Waals surface area contributed by atoms with Crippen LogP contribution < -0.4 is 10.2 Å². The summed E-state index contributed by atoms with van der Waals surface area (Å²) in [6.45, 7) is 3.76. The molecule has 3 fully saturated rings. The highest BCUT2D eigenvalue weighted by molar-refractivity contribution is 5.95. The summed E-state index contributed by atoms with van der Waals surface area (Å²) in [7, 11) is 2.15. The molecule has 6 nitrogen and oxygen atoms in total. The molecule has 3 aliphatic rings. The van der Waals surface area contributed by atoms with Crippen molar-refractivity contribution in [1.29, 1.82) is 5.26 Å². The minimum absolute atomic E-state index is 0.0412. The van der Waals surface area contributed by atoms with Crippen molar-refractivity contribution in [3.63, 3.8) is 0 Å². The number of benzene rings is 1. The lowest BCUT2D eigenvalue weighted by Gasteiger charge is -2.30. The highest BCUT2D eigenvalue weighted by atomic mass is 16.2. The first kappa shape index (κ1) is 19.3. The lowest BCUT2D eigenvalue weighted by molar-refractivity contribution is -0.126. The number of fused-ring (bicyclic) bond motifs is 1. The number of nitrogens with one attached hydrogen (secondary N) is 1. The zero-order valence-electron chi connectivity index (χ0n) is 17.6. The third-order valence-electron chi connectivity index (χ3n) is 7.20. The van der Waals surface area contributed by atoms with Crippen LogP contribution in [-0.4, -0.2) is 55.1 Å². The molecule has 1 aromatic heterocycles. The molecule has 1 N–H and O–H groups in total. The number of piperidine rings is 1. The smallest absolute Gasteiger partial charge is 0.225 e. The molecular weight excluding hydrogens is 374 g/mol. The molecule has 0 bridgehead atoms. The van der Waals surface area contributed by atoms with E-state index in [0.717, 1.165) is 55.6 Å². The van der Waals surface area contributed by atoms with Crippen LogP contribution in [0.5, 0.6) is 0 Å². The van der Waals surface area contributed by atoms with Gasteiger partial charge in [-0.3, -0.25) is 9.78 Å². The molecule has 1 aromatic carbocycles. The van der Waals surface area contributed by atoms with E-state index in [1.54, 1.807) is 6.20 Å². The second-order valence-electron chi connectivity index (χ2n) is 9.24. The SMILES string of the molecule is CN1CCC(NC(=O)C2CN(c3ccc(C#N)c4ncccc34)C[C@H]2C2CC2)CC1. The van der Waals surface area contributed by atoms with Crippen LogP contribution in [0.3, 0.4) is 0 Å². The van der Waals surface area contributed by atoms with Gasteiger partial charge in [0.25, 0.3) is 0 Å². The predicted molar refractivity (Wildman–Crippen MR) is 117 cm³/mol. The third kappa shape index (κ3) is 3.63. The van der Waals surface area contributed by atoms with Gasteiger partial charge in [-0.05, 0) is 81.9 Å². The fourth-order valence-electron chi connectivity index (χ4n) is 5.29. The zero-order chi connectivity index (χ0) is 20.7. The Kier molecular flexibility index (Phi) is 5.08. The Morgan fingerprint density at radius 1 is 1.17 bits per heavy atom. The number of carbonyl (C=O) groups excluding carboxylic acids is 1. The van der Waals surface area contributed by atoms with E-state index in [1.807, 2.05) is 24.3 Å². The summed E-state index contributed by atoms with van der Waals surface area (Å²) in [5.41, 5.74) is 2.45. The van der Waals surface area contributed by atoms with Crippen molar-refractivity contribution in [3.05, 3.63) is 36.0 Å². The number of hydrogen-bond acceptors (Lipinski definition) is 5. The summed E-state index contributed by atoms with van der Waals surface area (Å²) in [5.74, 6) is 1.36. The maximum Gasteiger partial charge on any atom is 0.225 e. The number of aromatic nitrogens is 1. The fraction of sp³-hybridized carbons (Fsp3) is 0.542. The molecule has 3 heterocycles. The minimum atomic E-state index is 0.0412. The van der Waals surface area contributed by atoms with Gasteiger partial charge in [0.2, 0.25) is 5.91 Å². The summed E-state index contributed by atoms with van der Waals surface area (Å²) in [6.07, 6.45) is 6.30. The van der Waals surface area contributed by atoms with E-state index in [0.29, 0.717) is 23.4 Å². The zero-order valence-corrected chi connectivity index (χ0v) is 17.6. The molecule has 0 radical (unpaired) electrons. The van der Waals surface area contributed by atoms with Crippen LogP contribution >= 0.6 is 0 Å². The van der Waals surface area contributed by atoms with E-state index in [2.05, 4.69) is 33.2 Å². The van der Waals surface area contributed by atoms with Crippen LogP contribution in [0.1, 0.15) is 31.2 Å². The van der Waals surface area contributed by atoms with Gasteiger partial charge in [-0.25, -0.2) is 0 Å². The number of carbonyl (C=O) groups is 1. The van der Waals surface area contributed by atoms with Gasteiger partial charge in [0, 0.05) is 36.4 Å². The normalized spacial score (nSPS) is 25.4. The largest absolute Gasteiger partial charge is 0.370 e. The van der Waals surface area contributed by atoms with E-state index >= 15 is 0 Å². The van der Waals surface area contributed by atoms with Gasteiger partial charge in [0.1, 0.15) is 6.07 Å². The van der Waals surface area contributed by atoms with E-state index in [4.69, 9.17) is 0 Å². The molecular formula is C24H29N5O. The number of nitriles is 1. The second-order valence-corrected chi connectivity index (χ2v) is 9.24. The summed E-state index contributed by atoms with van der Waals surface area (Å²) in [4.78, 5) is 22.4. The topological polar surface area (TPSA) is 72.3 Å². The molecule has 156 valence electrons. The maximum absolute atomic E-state index is 13.3. The Balaban J connectivity index is 1.38. The molecule has 5 rings (SSSR count). The van der Waals surface area contributed by atoms with Gasteiger partial charge >= 0.3 is 0 Å². The van der Waals surface area contributed by atoms with Gasteiger partial charge in [-0.1, -0.05) is 0 Å². The highest BCUT2D eigenvalue weighted by Gasteiger charge is 2.46. The standard InChI is InChI=1S/C24H29N5O/c1-28-11-8-18(9-12-28)27-24(30)21-15-29(14-20(21)16-4-5-16)22-7-6-17(13-25)23-19(22)3-2-10-26-23/h2-3,6-7,10,16,18,20-21H,4-5,8-9,11-12,14-15H2,1H3,(H,27,30)/t20-,21?/m0/s1. The van der Waals surface area contributed by atoms with Crippen molar-refractivity contribution in [2.75, 3.05) is 38.1 Å². The molecule has 1 amide bonds. The molecule has 30 heavy (non-hydrogen) atoms. The third-order valence-corrected chi connectivity index (χ3v) is 7.20. The molecule has 2 atom stereocenters. The molecule has 6 heteroatoms. The number of pyridine rings is 1. The quantitative estimate of drug-likeness (QED) is 0.850. The molecule has 2 aromatic rings. The summed E-state index contributed by atoms with van der Waals surface area (Å²) in [6, 6.07) is 10.4. The first-order valence-corrected chi connectivity index (χ1v) is 11.2. The monoisotopic (exact) mass is 403 g/mol. The Hall–Kier alpha value is -2.65. The lowest BCUT2D eigenvalue weighted by Crippen LogP contribution is -2.46. The van der Waals surface area contributed by atoms with Crippen LogP contribution in [-0.2, 0) is 4.79 Å². The van der Waals surface area contributed by atoms with E-state index in [1.165, 1.54) is 12.8 Å². The van der Waals surface area contributed by atoms with Crippen molar-refractivity contribution in [2.45, 2.75) is 31.7 Å². The Morgan fingerprint density at radius 3 is 2.70 bits per heavy atom. The summed E-state index contributed by atoms with van der Waals surface area (Å²) >= 11 is 0.